The molecule has 6 heteroatoms. The number of aromatic nitrogens is 2. The highest BCUT2D eigenvalue weighted by Gasteiger charge is 2.35. The van der Waals surface area contributed by atoms with Gasteiger partial charge in [0.1, 0.15) is 6.04 Å². The number of carbonyl (C=O) groups is 1. The van der Waals surface area contributed by atoms with Crippen LogP contribution in [0.1, 0.15) is 38.6 Å². The molecule has 1 aliphatic carbocycles. The van der Waals surface area contributed by atoms with E-state index in [1.54, 1.807) is 21.9 Å². The number of carboxylic acids is 1. The first-order valence-electron chi connectivity index (χ1n) is 7.14. The van der Waals surface area contributed by atoms with Crippen LogP contribution >= 0.6 is 0 Å². The SMILES string of the molecule is CC1CCN(c2nccn(C3CC3)c2=O)C(C(=O)O)C1. The van der Waals surface area contributed by atoms with Crippen LogP contribution in [0.5, 0.6) is 0 Å². The molecular formula is C14H19N3O3. The van der Waals surface area contributed by atoms with Crippen LogP contribution in [0.25, 0.3) is 0 Å². The Morgan fingerprint density at radius 2 is 2.15 bits per heavy atom. The van der Waals surface area contributed by atoms with Crippen LogP contribution < -0.4 is 10.5 Å². The minimum atomic E-state index is -0.875. The summed E-state index contributed by atoms with van der Waals surface area (Å²) in [5.41, 5.74) is -0.157. The van der Waals surface area contributed by atoms with E-state index in [1.165, 1.54) is 0 Å². The zero-order valence-corrected chi connectivity index (χ0v) is 11.5. The first kappa shape index (κ1) is 13.1. The molecule has 1 aromatic rings. The summed E-state index contributed by atoms with van der Waals surface area (Å²) in [7, 11) is 0. The van der Waals surface area contributed by atoms with Gasteiger partial charge in [0, 0.05) is 25.0 Å². The highest BCUT2D eigenvalue weighted by molar-refractivity contribution is 5.77. The number of carboxylic acid groups (broad SMARTS) is 1. The highest BCUT2D eigenvalue weighted by atomic mass is 16.4. The van der Waals surface area contributed by atoms with Crippen molar-refractivity contribution in [1.82, 2.24) is 9.55 Å². The van der Waals surface area contributed by atoms with Crippen molar-refractivity contribution < 1.29 is 9.90 Å². The Balaban J connectivity index is 1.96. The predicted molar refractivity (Wildman–Crippen MR) is 73.9 cm³/mol. The molecule has 1 aliphatic heterocycles. The molecule has 108 valence electrons. The molecule has 20 heavy (non-hydrogen) atoms. The lowest BCUT2D eigenvalue weighted by Crippen LogP contribution is -2.49. The van der Waals surface area contributed by atoms with Crippen LogP contribution in [0, 0.1) is 5.92 Å². The van der Waals surface area contributed by atoms with E-state index in [0.717, 1.165) is 19.3 Å². The van der Waals surface area contributed by atoms with Crippen molar-refractivity contribution in [1.29, 1.82) is 0 Å². The first-order chi connectivity index (χ1) is 9.58. The van der Waals surface area contributed by atoms with Crippen LogP contribution in [0.15, 0.2) is 17.2 Å². The number of piperidine rings is 1. The van der Waals surface area contributed by atoms with Gasteiger partial charge in [0.05, 0.1) is 0 Å². The monoisotopic (exact) mass is 277 g/mol. The number of anilines is 1. The molecule has 0 bridgehead atoms. The molecule has 1 N–H and O–H groups in total. The molecule has 0 spiro atoms. The summed E-state index contributed by atoms with van der Waals surface area (Å²) < 4.78 is 1.69. The van der Waals surface area contributed by atoms with E-state index in [0.29, 0.717) is 24.7 Å². The first-order valence-corrected chi connectivity index (χ1v) is 7.14. The molecule has 1 aromatic heterocycles. The van der Waals surface area contributed by atoms with Crippen molar-refractivity contribution in [3.8, 4) is 0 Å². The molecule has 0 radical (unpaired) electrons. The summed E-state index contributed by atoms with van der Waals surface area (Å²) in [5.74, 6) is -0.222. The van der Waals surface area contributed by atoms with Crippen LogP contribution in [0.4, 0.5) is 5.82 Å². The summed E-state index contributed by atoms with van der Waals surface area (Å²) in [6.07, 6.45) is 6.79. The fourth-order valence-corrected chi connectivity index (χ4v) is 2.88. The largest absolute Gasteiger partial charge is 0.480 e. The molecule has 2 unspecified atom stereocenters. The lowest BCUT2D eigenvalue weighted by molar-refractivity contribution is -0.139. The van der Waals surface area contributed by atoms with E-state index in [9.17, 15) is 14.7 Å². The molecule has 2 atom stereocenters. The Kier molecular flexibility index (Phi) is 3.23. The second kappa shape index (κ2) is 4.92. The number of hydrogen-bond acceptors (Lipinski definition) is 4. The molecule has 2 fully saturated rings. The van der Waals surface area contributed by atoms with Crippen LogP contribution in [-0.4, -0.2) is 33.2 Å². The van der Waals surface area contributed by atoms with Gasteiger partial charge in [0.25, 0.3) is 5.56 Å². The topological polar surface area (TPSA) is 75.4 Å². The van der Waals surface area contributed by atoms with E-state index < -0.39 is 12.0 Å². The molecule has 3 rings (SSSR count). The minimum absolute atomic E-state index is 0.157. The maximum atomic E-state index is 12.5. The molecule has 0 aromatic carbocycles. The Morgan fingerprint density at radius 1 is 1.40 bits per heavy atom. The maximum absolute atomic E-state index is 12.5. The van der Waals surface area contributed by atoms with Gasteiger partial charge < -0.3 is 14.6 Å². The van der Waals surface area contributed by atoms with E-state index in [-0.39, 0.29) is 11.6 Å². The van der Waals surface area contributed by atoms with Crippen molar-refractivity contribution >= 4 is 11.8 Å². The number of aliphatic carboxylic acids is 1. The van der Waals surface area contributed by atoms with Gasteiger partial charge in [0.15, 0.2) is 5.82 Å². The molecule has 1 saturated carbocycles. The molecule has 2 heterocycles. The van der Waals surface area contributed by atoms with E-state index >= 15 is 0 Å². The van der Waals surface area contributed by atoms with Crippen molar-refractivity contribution in [2.24, 2.45) is 5.92 Å². The van der Waals surface area contributed by atoms with Crippen molar-refractivity contribution in [3.63, 3.8) is 0 Å². The lowest BCUT2D eigenvalue weighted by Gasteiger charge is -2.36. The molecule has 2 aliphatic rings. The summed E-state index contributed by atoms with van der Waals surface area (Å²) >= 11 is 0. The Morgan fingerprint density at radius 3 is 2.80 bits per heavy atom. The summed E-state index contributed by atoms with van der Waals surface area (Å²) in [4.78, 5) is 29.7. The van der Waals surface area contributed by atoms with Gasteiger partial charge in [-0.2, -0.15) is 0 Å². The van der Waals surface area contributed by atoms with E-state index in [4.69, 9.17) is 0 Å². The smallest absolute Gasteiger partial charge is 0.326 e. The second-order valence-corrected chi connectivity index (χ2v) is 5.87. The van der Waals surface area contributed by atoms with Crippen LogP contribution in [-0.2, 0) is 4.79 Å². The third-order valence-electron chi connectivity index (χ3n) is 4.21. The van der Waals surface area contributed by atoms with Crippen LogP contribution in [0.3, 0.4) is 0 Å². The third kappa shape index (κ3) is 2.30. The molecule has 1 saturated heterocycles. The Hall–Kier alpha value is -1.85. The average Bonchev–Trinajstić information content (AvgIpc) is 3.23. The fraction of sp³-hybridized carbons (Fsp3) is 0.643. The van der Waals surface area contributed by atoms with Gasteiger partial charge in [-0.3, -0.25) is 4.79 Å². The molecule has 0 amide bonds. The van der Waals surface area contributed by atoms with Gasteiger partial charge in [-0.25, -0.2) is 9.78 Å². The summed E-state index contributed by atoms with van der Waals surface area (Å²) in [6.45, 7) is 2.63. The Bertz CT molecular complexity index is 579. The quantitative estimate of drug-likeness (QED) is 0.900. The van der Waals surface area contributed by atoms with Crippen molar-refractivity contribution in [3.05, 3.63) is 22.7 Å². The van der Waals surface area contributed by atoms with Crippen LogP contribution in [0.2, 0.25) is 0 Å². The number of hydrogen-bond donors (Lipinski definition) is 1. The fourth-order valence-electron chi connectivity index (χ4n) is 2.88. The number of nitrogens with zero attached hydrogens (tertiary/aromatic N) is 3. The normalized spacial score (nSPS) is 26.6. The second-order valence-electron chi connectivity index (χ2n) is 5.87. The number of rotatable bonds is 3. The molecule has 6 nitrogen and oxygen atoms in total. The third-order valence-corrected chi connectivity index (χ3v) is 4.21. The van der Waals surface area contributed by atoms with Crippen molar-refractivity contribution in [2.45, 2.75) is 44.7 Å². The van der Waals surface area contributed by atoms with Crippen molar-refractivity contribution in [2.75, 3.05) is 11.4 Å². The van der Waals surface area contributed by atoms with Gasteiger partial charge in [0.2, 0.25) is 0 Å². The maximum Gasteiger partial charge on any atom is 0.326 e. The van der Waals surface area contributed by atoms with Gasteiger partial charge >= 0.3 is 5.97 Å². The standard InChI is InChI=1S/C14H19N3O3/c1-9-4-6-17(11(8-9)14(19)20)12-13(18)16(7-5-15-12)10-2-3-10/h5,7,9-11H,2-4,6,8H2,1H3,(H,19,20). The summed E-state index contributed by atoms with van der Waals surface area (Å²) in [5, 5.41) is 9.39. The minimum Gasteiger partial charge on any atom is -0.480 e. The lowest BCUT2D eigenvalue weighted by atomic mass is 9.92. The highest BCUT2D eigenvalue weighted by Crippen LogP contribution is 2.33. The van der Waals surface area contributed by atoms with Gasteiger partial charge in [-0.15, -0.1) is 0 Å². The molecular weight excluding hydrogens is 258 g/mol. The average molecular weight is 277 g/mol. The van der Waals surface area contributed by atoms with Gasteiger partial charge in [-0.1, -0.05) is 6.92 Å². The predicted octanol–water partition coefficient (Wildman–Crippen LogP) is 1.27. The zero-order valence-electron chi connectivity index (χ0n) is 11.5. The summed E-state index contributed by atoms with van der Waals surface area (Å²) in [6, 6.07) is -0.370. The Labute approximate surface area is 117 Å². The van der Waals surface area contributed by atoms with E-state index in [1.807, 2.05) is 6.92 Å². The zero-order chi connectivity index (χ0) is 14.3. The van der Waals surface area contributed by atoms with E-state index in [2.05, 4.69) is 4.98 Å². The van der Waals surface area contributed by atoms with Gasteiger partial charge in [-0.05, 0) is 31.6 Å².